The molecule has 0 aliphatic heterocycles. The molecule has 0 aliphatic rings. The van der Waals surface area contributed by atoms with Gasteiger partial charge in [-0.15, -0.1) is 0 Å². The van der Waals surface area contributed by atoms with Crippen molar-refractivity contribution in [2.45, 2.75) is 20.8 Å². The maximum atomic E-state index is 12.5. The van der Waals surface area contributed by atoms with E-state index in [9.17, 15) is 15.0 Å². The van der Waals surface area contributed by atoms with Gasteiger partial charge in [0.15, 0.2) is 11.5 Å². The molecule has 0 heterocycles. The van der Waals surface area contributed by atoms with Crippen molar-refractivity contribution in [3.8, 4) is 28.7 Å². The molecule has 2 aromatic rings. The highest BCUT2D eigenvalue weighted by Gasteiger charge is 2.18. The fraction of sp³-hybridized carbons (Fsp3) is 0.300. The van der Waals surface area contributed by atoms with E-state index < -0.39 is 5.91 Å². The van der Waals surface area contributed by atoms with Gasteiger partial charge in [0.2, 0.25) is 5.75 Å². The van der Waals surface area contributed by atoms with Gasteiger partial charge in [-0.05, 0) is 45.0 Å². The van der Waals surface area contributed by atoms with Crippen molar-refractivity contribution in [2.24, 2.45) is 5.10 Å². The van der Waals surface area contributed by atoms with Crippen LogP contribution in [0.25, 0.3) is 0 Å². The van der Waals surface area contributed by atoms with Crippen LogP contribution in [0.15, 0.2) is 35.4 Å². The topological polar surface area (TPSA) is 110 Å². The Hall–Kier alpha value is -3.42. The van der Waals surface area contributed by atoms with Crippen LogP contribution in [0.3, 0.4) is 0 Å². The number of benzene rings is 2. The Kier molecular flexibility index (Phi) is 7.50. The van der Waals surface area contributed by atoms with Crippen molar-refractivity contribution in [2.75, 3.05) is 19.8 Å². The summed E-state index contributed by atoms with van der Waals surface area (Å²) in [5.41, 5.74) is 3.01. The molecule has 0 radical (unpaired) electrons. The van der Waals surface area contributed by atoms with Gasteiger partial charge in [0, 0.05) is 17.2 Å². The second-order valence-electron chi connectivity index (χ2n) is 5.54. The lowest BCUT2D eigenvalue weighted by Gasteiger charge is -2.16. The van der Waals surface area contributed by atoms with Crippen molar-refractivity contribution < 1.29 is 29.2 Å². The van der Waals surface area contributed by atoms with Crippen molar-refractivity contribution in [1.82, 2.24) is 5.43 Å². The van der Waals surface area contributed by atoms with Crippen molar-refractivity contribution >= 4 is 12.1 Å². The minimum absolute atomic E-state index is 0.0695. The normalized spacial score (nSPS) is 10.7. The Morgan fingerprint density at radius 3 is 2.14 bits per heavy atom. The summed E-state index contributed by atoms with van der Waals surface area (Å²) < 4.78 is 16.8. The number of hydrogen-bond donors (Lipinski definition) is 3. The summed E-state index contributed by atoms with van der Waals surface area (Å²) in [7, 11) is 0. The molecule has 2 rings (SSSR count). The largest absolute Gasteiger partial charge is 0.508 e. The lowest BCUT2D eigenvalue weighted by Crippen LogP contribution is -2.18. The first-order valence-electron chi connectivity index (χ1n) is 8.91. The number of phenols is 2. The number of rotatable bonds is 9. The van der Waals surface area contributed by atoms with E-state index in [0.717, 1.165) is 0 Å². The predicted octanol–water partition coefficient (Wildman–Crippen LogP) is 3.06. The number of nitrogens with zero attached hydrogens (tertiary/aromatic N) is 1. The lowest BCUT2D eigenvalue weighted by atomic mass is 10.1. The summed E-state index contributed by atoms with van der Waals surface area (Å²) in [4.78, 5) is 12.5. The van der Waals surface area contributed by atoms with E-state index in [-0.39, 0.29) is 17.1 Å². The van der Waals surface area contributed by atoms with Crippen LogP contribution in [0.5, 0.6) is 28.7 Å². The Morgan fingerprint density at radius 1 is 1.00 bits per heavy atom. The molecule has 0 bridgehead atoms. The number of carbonyl (C=O) groups is 1. The first-order chi connectivity index (χ1) is 13.5. The number of nitrogens with one attached hydrogen (secondary N) is 1. The van der Waals surface area contributed by atoms with Crippen LogP contribution in [-0.2, 0) is 0 Å². The van der Waals surface area contributed by atoms with Crippen molar-refractivity contribution in [1.29, 1.82) is 0 Å². The van der Waals surface area contributed by atoms with E-state index in [1.807, 2.05) is 20.8 Å². The molecule has 0 aromatic heterocycles. The molecular weight excluding hydrogens is 364 g/mol. The highest BCUT2D eigenvalue weighted by Crippen LogP contribution is 2.39. The molecule has 0 atom stereocenters. The second kappa shape index (κ2) is 10.1. The van der Waals surface area contributed by atoms with E-state index in [1.54, 1.807) is 12.1 Å². The standard InChI is InChI=1S/C20H24N2O6/c1-4-26-17-9-14(10-18(27-5-2)19(17)28-6-3)20(25)22-21-12-13-7-8-15(23)11-16(13)24/h7-12,23-24H,4-6H2,1-3H3,(H,22,25). The fourth-order valence-corrected chi connectivity index (χ4v) is 2.39. The summed E-state index contributed by atoms with van der Waals surface area (Å²) in [5, 5.41) is 22.9. The zero-order valence-electron chi connectivity index (χ0n) is 16.1. The van der Waals surface area contributed by atoms with Crippen LogP contribution in [0, 0.1) is 0 Å². The molecule has 0 spiro atoms. The third-order valence-electron chi connectivity index (χ3n) is 3.56. The maximum absolute atomic E-state index is 12.5. The first-order valence-corrected chi connectivity index (χ1v) is 8.91. The molecule has 8 nitrogen and oxygen atoms in total. The Balaban J connectivity index is 2.24. The minimum atomic E-state index is -0.487. The van der Waals surface area contributed by atoms with Crippen LogP contribution in [-0.4, -0.2) is 42.2 Å². The predicted molar refractivity (Wildman–Crippen MR) is 105 cm³/mol. The van der Waals surface area contributed by atoms with E-state index in [4.69, 9.17) is 14.2 Å². The van der Waals surface area contributed by atoms with Crippen LogP contribution in [0.2, 0.25) is 0 Å². The summed E-state index contributed by atoms with van der Waals surface area (Å²) in [6.45, 7) is 6.73. The number of amides is 1. The Bertz CT molecular complexity index is 824. The molecule has 28 heavy (non-hydrogen) atoms. The van der Waals surface area contributed by atoms with Gasteiger partial charge in [0.25, 0.3) is 5.91 Å². The molecule has 8 heteroatoms. The quantitative estimate of drug-likeness (QED) is 0.450. The molecular formula is C20H24N2O6. The molecule has 3 N–H and O–H groups in total. The van der Waals surface area contributed by atoms with E-state index in [2.05, 4.69) is 10.5 Å². The average Bonchev–Trinajstić information content (AvgIpc) is 2.66. The molecule has 0 fully saturated rings. The highest BCUT2D eigenvalue weighted by atomic mass is 16.5. The number of aromatic hydroxyl groups is 2. The molecule has 150 valence electrons. The van der Waals surface area contributed by atoms with Gasteiger partial charge in [-0.1, -0.05) is 0 Å². The average molecular weight is 388 g/mol. The van der Waals surface area contributed by atoms with E-state index in [0.29, 0.717) is 42.6 Å². The zero-order chi connectivity index (χ0) is 20.5. The van der Waals surface area contributed by atoms with Gasteiger partial charge >= 0.3 is 0 Å². The number of phenolic OH excluding ortho intramolecular Hbond substituents is 2. The molecule has 0 saturated heterocycles. The zero-order valence-corrected chi connectivity index (χ0v) is 16.1. The van der Waals surface area contributed by atoms with Gasteiger partial charge in [-0.25, -0.2) is 5.43 Å². The minimum Gasteiger partial charge on any atom is -0.508 e. The Morgan fingerprint density at radius 2 is 1.61 bits per heavy atom. The second-order valence-corrected chi connectivity index (χ2v) is 5.54. The van der Waals surface area contributed by atoms with E-state index >= 15 is 0 Å². The van der Waals surface area contributed by atoms with Crippen molar-refractivity contribution in [3.63, 3.8) is 0 Å². The summed E-state index contributed by atoms with van der Waals surface area (Å²) >= 11 is 0. The third-order valence-corrected chi connectivity index (χ3v) is 3.56. The van der Waals surface area contributed by atoms with Crippen LogP contribution < -0.4 is 19.6 Å². The first kappa shape index (κ1) is 20.9. The maximum Gasteiger partial charge on any atom is 0.271 e. The molecule has 0 aliphatic carbocycles. The SMILES string of the molecule is CCOc1cc(C(=O)NN=Cc2ccc(O)cc2O)cc(OCC)c1OCC. The van der Waals surface area contributed by atoms with E-state index in [1.165, 1.54) is 24.4 Å². The van der Waals surface area contributed by atoms with Gasteiger partial charge < -0.3 is 24.4 Å². The van der Waals surface area contributed by atoms with Gasteiger partial charge in [0.1, 0.15) is 11.5 Å². The number of ether oxygens (including phenoxy) is 3. The highest BCUT2D eigenvalue weighted by molar-refractivity contribution is 5.96. The van der Waals surface area contributed by atoms with Crippen LogP contribution in [0.4, 0.5) is 0 Å². The fourth-order valence-electron chi connectivity index (χ4n) is 2.39. The summed E-state index contributed by atoms with van der Waals surface area (Å²) in [6.07, 6.45) is 1.27. The number of hydrogen-bond acceptors (Lipinski definition) is 7. The van der Waals surface area contributed by atoms with Gasteiger partial charge in [0.05, 0.1) is 26.0 Å². The molecule has 2 aromatic carbocycles. The summed E-state index contributed by atoms with van der Waals surface area (Å²) in [6, 6.07) is 7.16. The van der Waals surface area contributed by atoms with Crippen molar-refractivity contribution in [3.05, 3.63) is 41.5 Å². The number of hydrazone groups is 1. The van der Waals surface area contributed by atoms with Crippen LogP contribution in [0.1, 0.15) is 36.7 Å². The van der Waals surface area contributed by atoms with Gasteiger partial charge in [-0.2, -0.15) is 5.10 Å². The summed E-state index contributed by atoms with van der Waals surface area (Å²) in [5.74, 6) is 0.539. The Labute approximate surface area is 163 Å². The monoisotopic (exact) mass is 388 g/mol. The molecule has 0 unspecified atom stereocenters. The third kappa shape index (κ3) is 5.29. The van der Waals surface area contributed by atoms with Gasteiger partial charge in [-0.3, -0.25) is 4.79 Å². The molecule has 1 amide bonds. The van der Waals surface area contributed by atoms with Crippen LogP contribution >= 0.6 is 0 Å². The number of carbonyl (C=O) groups excluding carboxylic acids is 1. The molecule has 0 saturated carbocycles. The lowest BCUT2D eigenvalue weighted by molar-refractivity contribution is 0.0954. The smallest absolute Gasteiger partial charge is 0.271 e.